The monoisotopic (exact) mass is 580 g/mol. The molecule has 2 rings (SSSR count). The zero-order valence-corrected chi connectivity index (χ0v) is 16.7. The van der Waals surface area contributed by atoms with Crippen LogP contribution < -0.4 is 0 Å². The van der Waals surface area contributed by atoms with Crippen LogP contribution in [0.15, 0.2) is 48.8 Å². The summed E-state index contributed by atoms with van der Waals surface area (Å²) in [6.45, 7) is 9.75. The molecule has 2 heterocycles. The Labute approximate surface area is 167 Å². The minimum Gasteiger partial charge on any atom is -0.545 e. The van der Waals surface area contributed by atoms with Gasteiger partial charge in [0.2, 0.25) is 0 Å². The number of pyridine rings is 2. The van der Waals surface area contributed by atoms with Crippen LogP contribution in [0.5, 0.6) is 0 Å². The third-order valence-corrected chi connectivity index (χ3v) is 2.47. The third-order valence-electron chi connectivity index (χ3n) is 1.88. The van der Waals surface area contributed by atoms with Gasteiger partial charge in [-0.25, -0.2) is 0 Å². The maximum absolute atomic E-state index is 10.7. The van der Waals surface area contributed by atoms with Crippen molar-refractivity contribution in [3.8, 4) is 11.4 Å². The Kier molecular flexibility index (Phi) is 22.1. The first-order valence-electron chi connectivity index (χ1n) is 5.79. The molecule has 0 spiro atoms. The van der Waals surface area contributed by atoms with E-state index < -0.39 is 15.6 Å². The van der Waals surface area contributed by atoms with Gasteiger partial charge in [0.1, 0.15) is 0 Å². The summed E-state index contributed by atoms with van der Waals surface area (Å²) in [5, 5.41) is 0. The average molecular weight is 580 g/mol. The van der Waals surface area contributed by atoms with Crippen molar-refractivity contribution < 1.29 is 60.9 Å². The van der Waals surface area contributed by atoms with Crippen molar-refractivity contribution in [2.75, 3.05) is 0 Å². The largest absolute Gasteiger partial charge is 0.545 e. The van der Waals surface area contributed by atoms with Gasteiger partial charge in [-0.1, -0.05) is 12.1 Å². The Morgan fingerprint density at radius 2 is 1.04 bits per heavy atom. The second kappa shape index (κ2) is 18.5. The summed E-state index contributed by atoms with van der Waals surface area (Å²) in [4.78, 5) is 31.6. The summed E-state index contributed by atoms with van der Waals surface area (Å²) in [6.07, 6.45) is 3.54. The minimum atomic E-state index is -5.84. The van der Waals surface area contributed by atoms with E-state index in [1.807, 2.05) is 36.4 Å². The van der Waals surface area contributed by atoms with Crippen molar-refractivity contribution in [1.82, 2.24) is 9.97 Å². The SMILES string of the molecule is O=S(=O)(O)C(F)(F)F.[CH-]=O.[CH-]=O.[CH-]=O.[Re].c1ccc(-c2ccccn2)nc1. The van der Waals surface area contributed by atoms with Gasteiger partial charge in [-0.05, 0) is 24.3 Å². The fraction of sp³-hybridized carbons (Fsp3) is 0.0714. The Morgan fingerprint density at radius 1 is 0.778 bits per heavy atom. The van der Waals surface area contributed by atoms with Crippen LogP contribution in [0.25, 0.3) is 11.4 Å². The molecular formula is C14H12F3N2O6ReS-3. The zero-order chi connectivity index (χ0) is 21.2. The number of aromatic nitrogens is 2. The molecule has 151 valence electrons. The predicted molar refractivity (Wildman–Crippen MR) is 85.3 cm³/mol. The third kappa shape index (κ3) is 15.6. The van der Waals surface area contributed by atoms with Gasteiger partial charge < -0.3 is 14.4 Å². The molecule has 0 aromatic carbocycles. The summed E-state index contributed by atoms with van der Waals surface area (Å²) in [5.41, 5.74) is -3.70. The number of halogens is 3. The molecule has 8 nitrogen and oxygen atoms in total. The first kappa shape index (κ1) is 32.4. The van der Waals surface area contributed by atoms with Crippen LogP contribution in [0.4, 0.5) is 13.2 Å². The topological polar surface area (TPSA) is 131 Å². The van der Waals surface area contributed by atoms with Crippen molar-refractivity contribution >= 4 is 30.5 Å². The second-order valence-electron chi connectivity index (χ2n) is 3.35. The van der Waals surface area contributed by atoms with E-state index in [0.717, 1.165) is 11.4 Å². The van der Waals surface area contributed by atoms with Crippen molar-refractivity contribution in [1.29, 1.82) is 0 Å². The van der Waals surface area contributed by atoms with Gasteiger partial charge in [0.05, 0.1) is 11.4 Å². The van der Waals surface area contributed by atoms with E-state index in [1.54, 1.807) is 12.4 Å². The van der Waals surface area contributed by atoms with Crippen molar-refractivity contribution in [2.24, 2.45) is 0 Å². The van der Waals surface area contributed by atoms with Gasteiger partial charge in [0.15, 0.2) is 0 Å². The predicted octanol–water partition coefficient (Wildman–Crippen LogP) is 1.71. The van der Waals surface area contributed by atoms with Crippen LogP contribution in [0.1, 0.15) is 0 Å². The molecule has 2 aromatic heterocycles. The fourth-order valence-corrected chi connectivity index (χ4v) is 1.03. The average Bonchev–Trinajstić information content (AvgIpc) is 2.67. The Balaban J connectivity index is -0.000000156. The summed E-state index contributed by atoms with van der Waals surface area (Å²) in [6, 6.07) is 11.6. The number of nitrogens with zero attached hydrogens (tertiary/aromatic N) is 2. The number of alkyl halides is 3. The van der Waals surface area contributed by atoms with Crippen molar-refractivity contribution in [3.05, 3.63) is 48.8 Å². The van der Waals surface area contributed by atoms with E-state index >= 15 is 0 Å². The number of hydrogen-bond acceptors (Lipinski definition) is 7. The standard InChI is InChI=1S/C10H8N2.CHF3O3S.3CHO.Re/c1-3-7-11-9(5-1)10-6-2-4-8-12-10;2-1(3,4)8(5,6)7;3*1-2;/h1-8H;(H,5,6,7);3*1H;/q;;3*-1;. The van der Waals surface area contributed by atoms with Gasteiger partial charge in [0, 0.05) is 32.8 Å². The van der Waals surface area contributed by atoms with Crippen molar-refractivity contribution in [3.63, 3.8) is 0 Å². The Morgan fingerprint density at radius 3 is 1.19 bits per heavy atom. The van der Waals surface area contributed by atoms with E-state index in [0.29, 0.717) is 0 Å². The van der Waals surface area contributed by atoms with Crippen LogP contribution in [0, 0.1) is 0 Å². The minimum absolute atomic E-state index is 0. The maximum Gasteiger partial charge on any atom is 0.522 e. The number of hydrogen-bond donors (Lipinski definition) is 1. The van der Waals surface area contributed by atoms with E-state index in [2.05, 4.69) is 30.3 Å². The van der Waals surface area contributed by atoms with E-state index in [1.165, 1.54) is 0 Å². The molecule has 0 aliphatic carbocycles. The van der Waals surface area contributed by atoms with Gasteiger partial charge in [0.25, 0.3) is 0 Å². The second-order valence-corrected chi connectivity index (χ2v) is 4.76. The van der Waals surface area contributed by atoms with Crippen molar-refractivity contribution in [2.45, 2.75) is 5.51 Å². The fourth-order valence-electron chi connectivity index (χ4n) is 1.03. The first-order chi connectivity index (χ1) is 12.2. The molecule has 13 heteroatoms. The number of carbonyl (C=O) groups excluding carboxylic acids is 3. The molecule has 1 radical (unpaired) electrons. The summed E-state index contributed by atoms with van der Waals surface area (Å²) < 4.78 is 57.5. The Hall–Kier alpha value is -2.33. The molecule has 0 saturated carbocycles. The molecular weight excluding hydrogens is 567 g/mol. The van der Waals surface area contributed by atoms with Crippen LogP contribution in [-0.4, -0.2) is 48.8 Å². The molecule has 0 saturated heterocycles. The van der Waals surface area contributed by atoms with E-state index in [4.69, 9.17) is 27.4 Å². The van der Waals surface area contributed by atoms with Crippen LogP contribution >= 0.6 is 0 Å². The molecule has 0 aliphatic rings. The Bertz CT molecular complexity index is 649. The normalized spacial score (nSPS) is 8.89. The van der Waals surface area contributed by atoms with Crippen LogP contribution in [0.2, 0.25) is 0 Å². The van der Waals surface area contributed by atoms with Gasteiger partial charge in [-0.3, -0.25) is 34.9 Å². The molecule has 2 aromatic rings. The van der Waals surface area contributed by atoms with Crippen LogP contribution in [0.3, 0.4) is 0 Å². The smallest absolute Gasteiger partial charge is 0.522 e. The van der Waals surface area contributed by atoms with Gasteiger partial charge >= 0.3 is 15.6 Å². The molecule has 0 amide bonds. The van der Waals surface area contributed by atoms with Crippen LogP contribution in [-0.2, 0) is 44.9 Å². The number of rotatable bonds is 1. The molecule has 0 bridgehead atoms. The molecule has 0 aliphatic heterocycles. The molecule has 27 heavy (non-hydrogen) atoms. The summed E-state index contributed by atoms with van der Waals surface area (Å²) in [5.74, 6) is 0. The summed E-state index contributed by atoms with van der Waals surface area (Å²) in [7, 11) is -5.84. The van der Waals surface area contributed by atoms with Gasteiger partial charge in [-0.2, -0.15) is 21.6 Å². The molecule has 1 N–H and O–H groups in total. The van der Waals surface area contributed by atoms with E-state index in [-0.39, 0.29) is 20.4 Å². The summed E-state index contributed by atoms with van der Waals surface area (Å²) >= 11 is 0. The first-order valence-corrected chi connectivity index (χ1v) is 7.23. The maximum atomic E-state index is 10.7. The molecule has 0 fully saturated rings. The molecule has 0 unspecified atom stereocenters. The van der Waals surface area contributed by atoms with E-state index in [9.17, 15) is 13.2 Å². The zero-order valence-electron chi connectivity index (χ0n) is 13.2. The molecule has 0 atom stereocenters. The van der Waals surface area contributed by atoms with Gasteiger partial charge in [-0.15, -0.1) is 0 Å². The quantitative estimate of drug-likeness (QED) is 0.234.